The smallest absolute Gasteiger partial charge is 0.408 e. The number of hydrogen-bond acceptors (Lipinski definition) is 5. The Morgan fingerprint density at radius 3 is 2.28 bits per heavy atom. The first-order chi connectivity index (χ1) is 14.9. The van der Waals surface area contributed by atoms with Crippen molar-refractivity contribution in [1.29, 1.82) is 0 Å². The molecule has 1 atom stereocenters. The fraction of sp³-hybridized carbons (Fsp3) is 0.667. The van der Waals surface area contributed by atoms with Crippen molar-refractivity contribution in [3.05, 3.63) is 39.9 Å². The Labute approximate surface area is 196 Å². The monoisotopic (exact) mass is 463 g/mol. The summed E-state index contributed by atoms with van der Waals surface area (Å²) in [5.74, 6) is 0.664. The van der Waals surface area contributed by atoms with Crippen LogP contribution in [0, 0.1) is 16.0 Å². The zero-order valence-electron chi connectivity index (χ0n) is 19.9. The summed E-state index contributed by atoms with van der Waals surface area (Å²) in [5.41, 5.74) is -0.242. The highest BCUT2D eigenvalue weighted by atomic mass is 32.1. The summed E-state index contributed by atoms with van der Waals surface area (Å²) in [6.07, 6.45) is 7.56. The number of hydrogen-bond donors (Lipinski definition) is 2. The number of carbonyl (C=O) groups excluding carboxylic acids is 1. The Bertz CT molecular complexity index is 796. The summed E-state index contributed by atoms with van der Waals surface area (Å²) in [5, 5.41) is 17.3. The molecule has 0 bridgehead atoms. The van der Waals surface area contributed by atoms with E-state index >= 15 is 0 Å². The summed E-state index contributed by atoms with van der Waals surface area (Å²) in [6.45, 7) is 9.42. The SMILES string of the molecule is CC(C)(C)OC(=O)N[C@H](CCC1CCCCC1)C(=S)NC(C)(C)c1ccc([N+](=O)[O-])cc1. The zero-order chi connectivity index (χ0) is 23.9. The number of benzene rings is 1. The number of rotatable bonds is 8. The van der Waals surface area contributed by atoms with Gasteiger partial charge in [-0.25, -0.2) is 4.79 Å². The molecule has 0 saturated heterocycles. The van der Waals surface area contributed by atoms with Crippen molar-refractivity contribution in [1.82, 2.24) is 10.6 Å². The number of non-ortho nitro benzene ring substituents is 1. The first-order valence-corrected chi connectivity index (χ1v) is 11.8. The highest BCUT2D eigenvalue weighted by Crippen LogP contribution is 2.28. The maximum absolute atomic E-state index is 12.5. The predicted molar refractivity (Wildman–Crippen MR) is 131 cm³/mol. The summed E-state index contributed by atoms with van der Waals surface area (Å²) in [4.78, 5) is 23.5. The van der Waals surface area contributed by atoms with Gasteiger partial charge >= 0.3 is 6.09 Å². The standard InChI is InChI=1S/C24H37N3O4S/c1-23(2,3)31-22(28)25-20(16-11-17-9-7-6-8-10-17)21(32)26-24(4,5)18-12-14-19(15-13-18)27(29)30/h12-15,17,20H,6-11,16H2,1-5H3,(H,25,28)(H,26,32)/t20-/m1/s1. The van der Waals surface area contributed by atoms with E-state index < -0.39 is 22.2 Å². The van der Waals surface area contributed by atoms with Gasteiger partial charge in [-0.3, -0.25) is 10.1 Å². The highest BCUT2D eigenvalue weighted by Gasteiger charge is 2.28. The van der Waals surface area contributed by atoms with E-state index in [4.69, 9.17) is 17.0 Å². The summed E-state index contributed by atoms with van der Waals surface area (Å²) in [7, 11) is 0. The van der Waals surface area contributed by atoms with Crippen LogP contribution in [-0.2, 0) is 10.3 Å². The van der Waals surface area contributed by atoms with Crippen molar-refractivity contribution >= 4 is 29.0 Å². The third kappa shape index (κ3) is 8.37. The predicted octanol–water partition coefficient (Wildman–Crippen LogP) is 6.00. The molecule has 1 fully saturated rings. The van der Waals surface area contributed by atoms with Gasteiger partial charge in [0.2, 0.25) is 0 Å². The fourth-order valence-corrected chi connectivity index (χ4v) is 4.50. The Morgan fingerprint density at radius 2 is 1.75 bits per heavy atom. The van der Waals surface area contributed by atoms with E-state index in [0.29, 0.717) is 10.9 Å². The van der Waals surface area contributed by atoms with Crippen molar-refractivity contribution in [3.63, 3.8) is 0 Å². The van der Waals surface area contributed by atoms with Crippen LogP contribution in [0.4, 0.5) is 10.5 Å². The quantitative estimate of drug-likeness (QED) is 0.279. The number of carbonyl (C=O) groups is 1. The molecule has 1 aliphatic carbocycles. The van der Waals surface area contributed by atoms with Crippen molar-refractivity contribution in [2.45, 2.75) is 96.7 Å². The van der Waals surface area contributed by atoms with E-state index in [0.717, 1.165) is 18.4 Å². The van der Waals surface area contributed by atoms with Crippen LogP contribution < -0.4 is 10.6 Å². The van der Waals surface area contributed by atoms with Crippen LogP contribution in [0.3, 0.4) is 0 Å². The lowest BCUT2D eigenvalue weighted by Gasteiger charge is -2.33. The number of nitrogens with one attached hydrogen (secondary N) is 2. The third-order valence-corrected chi connectivity index (χ3v) is 6.22. The minimum atomic E-state index is -0.592. The molecule has 1 aromatic carbocycles. The molecule has 8 heteroatoms. The van der Waals surface area contributed by atoms with Crippen LogP contribution >= 0.6 is 12.2 Å². The Balaban J connectivity index is 2.09. The first-order valence-electron chi connectivity index (χ1n) is 11.4. The number of thiocarbonyl (C=S) groups is 1. The fourth-order valence-electron chi connectivity index (χ4n) is 4.06. The van der Waals surface area contributed by atoms with Crippen LogP contribution in [-0.4, -0.2) is 27.6 Å². The van der Waals surface area contributed by atoms with Gasteiger partial charge in [-0.05, 0) is 71.1 Å². The number of nitrogens with zero attached hydrogens (tertiary/aromatic N) is 1. The lowest BCUT2D eigenvalue weighted by molar-refractivity contribution is -0.384. The lowest BCUT2D eigenvalue weighted by Crippen LogP contribution is -2.52. The molecule has 1 aliphatic rings. The average molecular weight is 464 g/mol. The average Bonchev–Trinajstić information content (AvgIpc) is 2.70. The Hall–Kier alpha value is -2.22. The van der Waals surface area contributed by atoms with Crippen LogP contribution in [0.1, 0.15) is 85.1 Å². The van der Waals surface area contributed by atoms with E-state index in [9.17, 15) is 14.9 Å². The summed E-state index contributed by atoms with van der Waals surface area (Å²) < 4.78 is 5.46. The minimum Gasteiger partial charge on any atom is -0.444 e. The van der Waals surface area contributed by atoms with E-state index in [-0.39, 0.29) is 11.7 Å². The van der Waals surface area contributed by atoms with Gasteiger partial charge in [-0.15, -0.1) is 0 Å². The van der Waals surface area contributed by atoms with Gasteiger partial charge < -0.3 is 15.4 Å². The van der Waals surface area contributed by atoms with Gasteiger partial charge in [0.05, 0.1) is 21.5 Å². The first kappa shape index (κ1) is 26.0. The second-order valence-corrected chi connectivity index (χ2v) is 10.6. The second kappa shape index (κ2) is 11.1. The molecule has 0 aromatic heterocycles. The Morgan fingerprint density at radius 1 is 1.16 bits per heavy atom. The summed E-state index contributed by atoms with van der Waals surface area (Å²) in [6, 6.07) is 6.08. The molecule has 1 amide bonds. The molecule has 0 radical (unpaired) electrons. The molecular formula is C24H37N3O4S. The summed E-state index contributed by atoms with van der Waals surface area (Å²) >= 11 is 5.73. The molecule has 0 heterocycles. The molecule has 0 spiro atoms. The lowest BCUT2D eigenvalue weighted by atomic mass is 9.85. The van der Waals surface area contributed by atoms with Crippen LogP contribution in [0.15, 0.2) is 24.3 Å². The molecular weight excluding hydrogens is 426 g/mol. The topological polar surface area (TPSA) is 93.5 Å². The van der Waals surface area contributed by atoms with E-state index in [1.807, 2.05) is 34.6 Å². The van der Waals surface area contributed by atoms with Crippen molar-refractivity contribution in [2.24, 2.45) is 5.92 Å². The molecule has 7 nitrogen and oxygen atoms in total. The van der Waals surface area contributed by atoms with Crippen molar-refractivity contribution in [2.75, 3.05) is 0 Å². The Kier molecular flexibility index (Phi) is 9.01. The van der Waals surface area contributed by atoms with Gasteiger partial charge in [0.15, 0.2) is 0 Å². The maximum atomic E-state index is 12.5. The van der Waals surface area contributed by atoms with Crippen LogP contribution in [0.2, 0.25) is 0 Å². The normalized spacial score (nSPS) is 16.2. The number of alkyl carbamates (subject to hydrolysis) is 1. The van der Waals surface area contributed by atoms with E-state index in [1.54, 1.807) is 12.1 Å². The van der Waals surface area contributed by atoms with Crippen LogP contribution in [0.5, 0.6) is 0 Å². The third-order valence-electron chi connectivity index (χ3n) is 5.83. The molecule has 32 heavy (non-hydrogen) atoms. The molecule has 1 aromatic rings. The van der Waals surface area contributed by atoms with Gasteiger partial charge in [0.1, 0.15) is 5.60 Å². The number of nitro benzene ring substituents is 1. The zero-order valence-corrected chi connectivity index (χ0v) is 20.7. The molecule has 0 unspecified atom stereocenters. The maximum Gasteiger partial charge on any atom is 0.408 e. The highest BCUT2D eigenvalue weighted by molar-refractivity contribution is 7.80. The van der Waals surface area contributed by atoms with E-state index in [1.165, 1.54) is 44.2 Å². The van der Waals surface area contributed by atoms with Crippen molar-refractivity contribution in [3.8, 4) is 0 Å². The number of amides is 1. The van der Waals surface area contributed by atoms with E-state index in [2.05, 4.69) is 10.6 Å². The van der Waals surface area contributed by atoms with Gasteiger partial charge in [-0.2, -0.15) is 0 Å². The minimum absolute atomic E-state index is 0.0454. The number of ether oxygens (including phenoxy) is 1. The second-order valence-electron chi connectivity index (χ2n) is 10.2. The molecule has 178 valence electrons. The number of nitro groups is 1. The largest absolute Gasteiger partial charge is 0.444 e. The molecule has 1 saturated carbocycles. The van der Waals surface area contributed by atoms with Gasteiger partial charge in [0, 0.05) is 12.1 Å². The van der Waals surface area contributed by atoms with Gasteiger partial charge in [-0.1, -0.05) is 44.3 Å². The molecule has 0 aliphatic heterocycles. The van der Waals surface area contributed by atoms with Gasteiger partial charge in [0.25, 0.3) is 5.69 Å². The van der Waals surface area contributed by atoms with Crippen molar-refractivity contribution < 1.29 is 14.5 Å². The van der Waals surface area contributed by atoms with Crippen LogP contribution in [0.25, 0.3) is 0 Å². The molecule has 2 rings (SSSR count). The molecule has 2 N–H and O–H groups in total.